The molecule has 4 heterocycles. The van der Waals surface area contributed by atoms with Gasteiger partial charge in [-0.25, -0.2) is 4.98 Å². The fourth-order valence-corrected chi connectivity index (χ4v) is 5.17. The maximum atomic E-state index is 13.3. The Morgan fingerprint density at radius 1 is 0.912 bits per heavy atom. The number of hydrogen-bond donors (Lipinski definition) is 1. The molecule has 4 aromatic rings. The maximum absolute atomic E-state index is 13.3. The molecular weight excluding hydrogens is 432 g/mol. The predicted molar refractivity (Wildman–Crippen MR) is 126 cm³/mol. The standard InChI is InChI=1S/C25H24N6O3/c1-2-34-23-10-22(26-19-6-4-3-5-18(19)23)25(33)31-13-16-11-30(12-17(16)14-31)24(32)15-7-8-20-21(9-15)28-29-27-20/h3-10,16-17H,2,11-14H2,1H3,(H,27,28,29)/t16-,17-/m0/s1. The van der Waals surface area contributed by atoms with Crippen LogP contribution in [-0.4, -0.2) is 74.8 Å². The van der Waals surface area contributed by atoms with E-state index in [1.165, 1.54) is 0 Å². The second-order valence-corrected chi connectivity index (χ2v) is 8.92. The highest BCUT2D eigenvalue weighted by molar-refractivity contribution is 5.98. The van der Waals surface area contributed by atoms with E-state index in [0.717, 1.165) is 16.4 Å². The molecule has 34 heavy (non-hydrogen) atoms. The van der Waals surface area contributed by atoms with Gasteiger partial charge in [-0.3, -0.25) is 9.59 Å². The Labute approximate surface area is 195 Å². The number of aromatic nitrogens is 4. The first kappa shape index (κ1) is 20.6. The summed E-state index contributed by atoms with van der Waals surface area (Å²) in [6, 6.07) is 14.8. The van der Waals surface area contributed by atoms with Crippen LogP contribution in [0.3, 0.4) is 0 Å². The van der Waals surface area contributed by atoms with Gasteiger partial charge in [0.15, 0.2) is 0 Å². The summed E-state index contributed by atoms with van der Waals surface area (Å²) in [5, 5.41) is 11.6. The number of amides is 2. The van der Waals surface area contributed by atoms with E-state index >= 15 is 0 Å². The van der Waals surface area contributed by atoms with Crippen LogP contribution in [0.15, 0.2) is 48.5 Å². The molecule has 0 saturated carbocycles. The van der Waals surface area contributed by atoms with E-state index in [2.05, 4.69) is 20.4 Å². The van der Waals surface area contributed by atoms with E-state index in [0.29, 0.717) is 55.3 Å². The van der Waals surface area contributed by atoms with Crippen molar-refractivity contribution >= 4 is 33.8 Å². The number of benzene rings is 2. The Bertz CT molecular complexity index is 1400. The summed E-state index contributed by atoms with van der Waals surface area (Å²) in [5.74, 6) is 1.10. The third-order valence-corrected chi connectivity index (χ3v) is 6.82. The molecule has 2 aliphatic heterocycles. The molecule has 2 aromatic carbocycles. The fourth-order valence-electron chi connectivity index (χ4n) is 5.17. The topological polar surface area (TPSA) is 104 Å². The number of hydrogen-bond acceptors (Lipinski definition) is 6. The van der Waals surface area contributed by atoms with Crippen molar-refractivity contribution < 1.29 is 14.3 Å². The van der Waals surface area contributed by atoms with Crippen molar-refractivity contribution in [3.05, 3.63) is 59.8 Å². The average Bonchev–Trinajstić information content (AvgIpc) is 3.57. The number of rotatable bonds is 4. The number of nitrogens with zero attached hydrogens (tertiary/aromatic N) is 5. The lowest BCUT2D eigenvalue weighted by Gasteiger charge is -2.22. The van der Waals surface area contributed by atoms with E-state index in [9.17, 15) is 9.59 Å². The molecule has 2 aromatic heterocycles. The number of likely N-dealkylation sites (tertiary alicyclic amines) is 2. The van der Waals surface area contributed by atoms with Crippen molar-refractivity contribution in [3.8, 4) is 5.75 Å². The minimum Gasteiger partial charge on any atom is -0.493 e. The van der Waals surface area contributed by atoms with Crippen LogP contribution in [0.2, 0.25) is 0 Å². The number of fused-ring (bicyclic) bond motifs is 3. The van der Waals surface area contributed by atoms with Gasteiger partial charge in [0.25, 0.3) is 11.8 Å². The van der Waals surface area contributed by atoms with Crippen molar-refractivity contribution in [2.75, 3.05) is 32.8 Å². The Kier molecular flexibility index (Phi) is 4.90. The van der Waals surface area contributed by atoms with E-state index in [1.807, 2.05) is 41.0 Å². The molecule has 2 amide bonds. The van der Waals surface area contributed by atoms with Gasteiger partial charge in [0.05, 0.1) is 12.1 Å². The maximum Gasteiger partial charge on any atom is 0.272 e. The summed E-state index contributed by atoms with van der Waals surface area (Å²) < 4.78 is 5.79. The number of ether oxygens (including phenoxy) is 1. The molecule has 0 aliphatic carbocycles. The summed E-state index contributed by atoms with van der Waals surface area (Å²) in [4.78, 5) is 34.8. The van der Waals surface area contributed by atoms with Crippen LogP contribution in [0.1, 0.15) is 27.8 Å². The van der Waals surface area contributed by atoms with Crippen molar-refractivity contribution in [1.82, 2.24) is 30.2 Å². The van der Waals surface area contributed by atoms with Crippen molar-refractivity contribution in [2.24, 2.45) is 11.8 Å². The van der Waals surface area contributed by atoms with Gasteiger partial charge in [-0.1, -0.05) is 12.1 Å². The summed E-state index contributed by atoms with van der Waals surface area (Å²) in [6.45, 7) is 4.96. The van der Waals surface area contributed by atoms with Crippen LogP contribution in [0.5, 0.6) is 5.75 Å². The fraction of sp³-hybridized carbons (Fsp3) is 0.320. The summed E-state index contributed by atoms with van der Waals surface area (Å²) in [7, 11) is 0. The number of pyridine rings is 1. The number of H-pyrrole nitrogens is 1. The minimum absolute atomic E-state index is 0.00488. The molecule has 6 rings (SSSR count). The molecule has 2 fully saturated rings. The van der Waals surface area contributed by atoms with Crippen LogP contribution < -0.4 is 4.74 Å². The number of carbonyl (C=O) groups is 2. The van der Waals surface area contributed by atoms with Crippen LogP contribution in [0.25, 0.3) is 21.9 Å². The number of carbonyl (C=O) groups excluding carboxylic acids is 2. The van der Waals surface area contributed by atoms with Crippen LogP contribution in [0.4, 0.5) is 0 Å². The van der Waals surface area contributed by atoms with Crippen molar-refractivity contribution in [3.63, 3.8) is 0 Å². The summed E-state index contributed by atoms with van der Waals surface area (Å²) in [5.41, 5.74) is 3.17. The van der Waals surface area contributed by atoms with E-state index < -0.39 is 0 Å². The lowest BCUT2D eigenvalue weighted by atomic mass is 10.0. The van der Waals surface area contributed by atoms with E-state index in [4.69, 9.17) is 4.74 Å². The molecule has 1 N–H and O–H groups in total. The molecule has 0 unspecified atom stereocenters. The highest BCUT2D eigenvalue weighted by atomic mass is 16.5. The van der Waals surface area contributed by atoms with Crippen LogP contribution in [0, 0.1) is 11.8 Å². The highest BCUT2D eigenvalue weighted by Crippen LogP contribution is 2.33. The zero-order valence-electron chi connectivity index (χ0n) is 18.8. The lowest BCUT2D eigenvalue weighted by molar-refractivity contribution is 0.0735. The van der Waals surface area contributed by atoms with Crippen molar-refractivity contribution in [1.29, 1.82) is 0 Å². The van der Waals surface area contributed by atoms with Gasteiger partial charge < -0.3 is 14.5 Å². The van der Waals surface area contributed by atoms with Gasteiger partial charge in [0.1, 0.15) is 22.5 Å². The molecule has 0 bridgehead atoms. The molecule has 9 nitrogen and oxygen atoms in total. The first-order valence-electron chi connectivity index (χ1n) is 11.5. The van der Waals surface area contributed by atoms with E-state index in [-0.39, 0.29) is 23.7 Å². The molecular formula is C25H24N6O3. The number of aromatic amines is 1. The molecule has 172 valence electrons. The lowest BCUT2D eigenvalue weighted by Crippen LogP contribution is -2.36. The Morgan fingerprint density at radius 2 is 1.62 bits per heavy atom. The van der Waals surface area contributed by atoms with Gasteiger partial charge in [-0.2, -0.15) is 15.4 Å². The first-order chi connectivity index (χ1) is 16.6. The molecule has 0 radical (unpaired) electrons. The molecule has 2 atom stereocenters. The molecule has 9 heteroatoms. The molecule has 2 saturated heterocycles. The van der Waals surface area contributed by atoms with Gasteiger partial charge >= 0.3 is 0 Å². The first-order valence-corrected chi connectivity index (χ1v) is 11.5. The second kappa shape index (κ2) is 8.09. The largest absolute Gasteiger partial charge is 0.493 e. The third kappa shape index (κ3) is 3.44. The smallest absolute Gasteiger partial charge is 0.272 e. The monoisotopic (exact) mass is 456 g/mol. The van der Waals surface area contributed by atoms with Gasteiger partial charge in [-0.15, -0.1) is 0 Å². The molecule has 0 spiro atoms. The van der Waals surface area contributed by atoms with Crippen molar-refractivity contribution in [2.45, 2.75) is 6.92 Å². The average molecular weight is 457 g/mol. The Balaban J connectivity index is 1.17. The minimum atomic E-state index is -0.0875. The normalized spacial score (nSPS) is 19.7. The third-order valence-electron chi connectivity index (χ3n) is 6.82. The van der Waals surface area contributed by atoms with Gasteiger partial charge in [0.2, 0.25) is 0 Å². The Morgan fingerprint density at radius 3 is 2.38 bits per heavy atom. The quantitative estimate of drug-likeness (QED) is 0.506. The predicted octanol–water partition coefficient (Wildman–Crippen LogP) is 2.75. The molecule has 2 aliphatic rings. The summed E-state index contributed by atoms with van der Waals surface area (Å²) in [6.07, 6.45) is 0. The Hall–Kier alpha value is -4.01. The zero-order chi connectivity index (χ0) is 23.2. The van der Waals surface area contributed by atoms with Crippen LogP contribution in [-0.2, 0) is 0 Å². The second-order valence-electron chi connectivity index (χ2n) is 8.92. The number of nitrogens with one attached hydrogen (secondary N) is 1. The number of para-hydroxylation sites is 1. The zero-order valence-corrected chi connectivity index (χ0v) is 18.8. The van der Waals surface area contributed by atoms with E-state index in [1.54, 1.807) is 24.3 Å². The van der Waals surface area contributed by atoms with Gasteiger partial charge in [0, 0.05) is 55.0 Å². The highest BCUT2D eigenvalue weighted by Gasteiger charge is 2.43. The van der Waals surface area contributed by atoms with Crippen LogP contribution >= 0.6 is 0 Å². The van der Waals surface area contributed by atoms with Gasteiger partial charge in [-0.05, 0) is 37.3 Å². The summed E-state index contributed by atoms with van der Waals surface area (Å²) >= 11 is 0. The SMILES string of the molecule is CCOc1cc(C(=O)N2C[C@@H]3CN(C(=O)c4ccc5n[nH]nc5c4)C[C@H]3C2)nc2ccccc12.